The Kier molecular flexibility index (Phi) is 9.44. The lowest BCUT2D eigenvalue weighted by atomic mass is 10.00. The number of likely N-dealkylation sites (tertiary alicyclic amines) is 1. The van der Waals surface area contributed by atoms with Crippen molar-refractivity contribution in [2.24, 2.45) is 0 Å². The van der Waals surface area contributed by atoms with Gasteiger partial charge >= 0.3 is 5.97 Å². The highest BCUT2D eigenvalue weighted by Gasteiger charge is 2.29. The second kappa shape index (κ2) is 11.6. The van der Waals surface area contributed by atoms with Gasteiger partial charge in [-0.25, -0.2) is 0 Å². The zero-order valence-electron chi connectivity index (χ0n) is 16.7. The molecule has 29 heavy (non-hydrogen) atoms. The third kappa shape index (κ3) is 6.45. The number of piperidine rings is 1. The number of benzene rings is 2. The summed E-state index contributed by atoms with van der Waals surface area (Å²) in [5.74, 6) is -0.710. The van der Waals surface area contributed by atoms with Gasteiger partial charge in [-0.15, -0.1) is 12.4 Å². The van der Waals surface area contributed by atoms with Crippen molar-refractivity contribution in [1.29, 1.82) is 0 Å². The van der Waals surface area contributed by atoms with Crippen LogP contribution in [-0.2, 0) is 16.1 Å². The van der Waals surface area contributed by atoms with E-state index in [4.69, 9.17) is 16.3 Å². The van der Waals surface area contributed by atoms with Gasteiger partial charge in [-0.2, -0.15) is 0 Å². The summed E-state index contributed by atoms with van der Waals surface area (Å²) < 4.78 is 6.20. The molecule has 158 valence electrons. The molecule has 1 heterocycles. The Balaban J connectivity index is 0.00000300. The molecule has 0 bridgehead atoms. The zero-order chi connectivity index (χ0) is 19.9. The topological polar surface area (TPSA) is 49.8 Å². The Morgan fingerprint density at radius 2 is 1.83 bits per heavy atom. The number of halogens is 2. The predicted octanol–water partition coefficient (Wildman–Crippen LogP) is 5.66. The van der Waals surface area contributed by atoms with E-state index in [1.807, 2.05) is 43.3 Å². The molecule has 2 aromatic rings. The summed E-state index contributed by atoms with van der Waals surface area (Å²) in [6, 6.07) is 15.8. The van der Waals surface area contributed by atoms with Crippen LogP contribution in [0, 0.1) is 0 Å². The molecule has 0 aromatic heterocycles. The quantitative estimate of drug-likeness (QED) is 0.578. The molecule has 0 amide bonds. The van der Waals surface area contributed by atoms with E-state index in [0.29, 0.717) is 13.0 Å². The van der Waals surface area contributed by atoms with Crippen LogP contribution in [-0.4, -0.2) is 41.2 Å². The number of carboxylic acid groups (broad SMARTS) is 1. The van der Waals surface area contributed by atoms with Gasteiger partial charge in [-0.1, -0.05) is 61.3 Å². The van der Waals surface area contributed by atoms with E-state index in [-0.39, 0.29) is 24.6 Å². The number of nitrogens with zero attached hydrogens (tertiary/aromatic N) is 1. The van der Waals surface area contributed by atoms with Crippen molar-refractivity contribution in [2.75, 3.05) is 13.1 Å². The smallest absolute Gasteiger partial charge is 0.320 e. The molecule has 2 aromatic carbocycles. The average molecular weight is 438 g/mol. The van der Waals surface area contributed by atoms with E-state index >= 15 is 0 Å². The van der Waals surface area contributed by atoms with Crippen molar-refractivity contribution in [2.45, 2.75) is 51.4 Å². The fourth-order valence-electron chi connectivity index (χ4n) is 3.85. The fraction of sp³-hybridized carbons (Fsp3) is 0.435. The van der Waals surface area contributed by atoms with Gasteiger partial charge < -0.3 is 9.84 Å². The SMILES string of the molecule is CCCC(C(=O)O)N1CCC(OCc2ccccc2-c2ccc(Cl)cc2)CC1.Cl. The summed E-state index contributed by atoms with van der Waals surface area (Å²) in [4.78, 5) is 13.6. The first kappa shape index (κ1) is 23.7. The maximum atomic E-state index is 11.5. The van der Waals surface area contributed by atoms with E-state index < -0.39 is 5.97 Å². The first-order valence-corrected chi connectivity index (χ1v) is 10.4. The van der Waals surface area contributed by atoms with Gasteiger partial charge in [0, 0.05) is 18.1 Å². The second-order valence-electron chi connectivity index (χ2n) is 7.35. The van der Waals surface area contributed by atoms with Crippen LogP contribution in [0.15, 0.2) is 48.5 Å². The summed E-state index contributed by atoms with van der Waals surface area (Å²) in [7, 11) is 0. The molecule has 1 atom stereocenters. The molecule has 1 unspecified atom stereocenters. The lowest BCUT2D eigenvalue weighted by Crippen LogP contribution is -2.47. The molecule has 1 N–H and O–H groups in total. The predicted molar refractivity (Wildman–Crippen MR) is 120 cm³/mol. The molecule has 6 heteroatoms. The van der Waals surface area contributed by atoms with Crippen LogP contribution in [0.3, 0.4) is 0 Å². The molecular formula is C23H29Cl2NO3. The molecule has 1 aliphatic rings. The van der Waals surface area contributed by atoms with Gasteiger partial charge in [0.25, 0.3) is 0 Å². The second-order valence-corrected chi connectivity index (χ2v) is 7.79. The van der Waals surface area contributed by atoms with Crippen LogP contribution in [0.25, 0.3) is 11.1 Å². The molecule has 1 aliphatic heterocycles. The molecule has 0 spiro atoms. The standard InChI is InChI=1S/C23H28ClNO3.ClH/c1-2-5-22(23(26)27)25-14-12-20(13-15-25)28-16-18-6-3-4-7-21(18)17-8-10-19(24)11-9-17;/h3-4,6-11,20,22H,2,5,12-16H2,1H3,(H,26,27);1H. The molecule has 3 rings (SSSR count). The number of aliphatic carboxylic acids is 1. The fourth-order valence-corrected chi connectivity index (χ4v) is 3.98. The number of hydrogen-bond acceptors (Lipinski definition) is 3. The number of carbonyl (C=O) groups is 1. The van der Waals surface area contributed by atoms with Gasteiger partial charge in [0.1, 0.15) is 6.04 Å². The zero-order valence-corrected chi connectivity index (χ0v) is 18.3. The largest absolute Gasteiger partial charge is 0.480 e. The van der Waals surface area contributed by atoms with Gasteiger partial charge in [0.05, 0.1) is 12.7 Å². The highest BCUT2D eigenvalue weighted by molar-refractivity contribution is 6.30. The maximum absolute atomic E-state index is 11.5. The number of hydrogen-bond donors (Lipinski definition) is 1. The highest BCUT2D eigenvalue weighted by Crippen LogP contribution is 2.27. The Hall–Kier alpha value is -1.59. The first-order chi connectivity index (χ1) is 13.6. The molecule has 4 nitrogen and oxygen atoms in total. The molecule has 0 aliphatic carbocycles. The summed E-state index contributed by atoms with van der Waals surface area (Å²) in [5.41, 5.74) is 3.44. The minimum atomic E-state index is -0.710. The monoisotopic (exact) mass is 437 g/mol. The number of carboxylic acids is 1. The molecule has 0 radical (unpaired) electrons. The van der Waals surface area contributed by atoms with Crippen LogP contribution in [0.5, 0.6) is 0 Å². The highest BCUT2D eigenvalue weighted by atomic mass is 35.5. The van der Waals surface area contributed by atoms with E-state index in [2.05, 4.69) is 17.0 Å². The molecule has 0 saturated carbocycles. The molecule has 1 fully saturated rings. The van der Waals surface area contributed by atoms with Crippen molar-refractivity contribution in [3.05, 3.63) is 59.1 Å². The van der Waals surface area contributed by atoms with Crippen molar-refractivity contribution < 1.29 is 14.6 Å². The lowest BCUT2D eigenvalue weighted by molar-refractivity contribution is -0.145. The van der Waals surface area contributed by atoms with Crippen LogP contribution >= 0.6 is 24.0 Å². The van der Waals surface area contributed by atoms with Crippen LogP contribution in [0.1, 0.15) is 38.2 Å². The van der Waals surface area contributed by atoms with Crippen LogP contribution in [0.2, 0.25) is 5.02 Å². The summed E-state index contributed by atoms with van der Waals surface area (Å²) >= 11 is 6.01. The van der Waals surface area contributed by atoms with Crippen molar-refractivity contribution in [3.8, 4) is 11.1 Å². The Morgan fingerprint density at radius 3 is 2.45 bits per heavy atom. The van der Waals surface area contributed by atoms with Gasteiger partial charge in [0.15, 0.2) is 0 Å². The summed E-state index contributed by atoms with van der Waals surface area (Å²) in [6.07, 6.45) is 3.50. The summed E-state index contributed by atoms with van der Waals surface area (Å²) in [6.45, 7) is 4.14. The van der Waals surface area contributed by atoms with Gasteiger partial charge in [-0.05, 0) is 48.1 Å². The molecular weight excluding hydrogens is 409 g/mol. The van der Waals surface area contributed by atoms with Gasteiger partial charge in [0.2, 0.25) is 0 Å². The van der Waals surface area contributed by atoms with Crippen molar-refractivity contribution in [1.82, 2.24) is 4.90 Å². The average Bonchev–Trinajstić information content (AvgIpc) is 2.72. The third-order valence-electron chi connectivity index (χ3n) is 5.41. The van der Waals surface area contributed by atoms with E-state index in [0.717, 1.165) is 54.1 Å². The van der Waals surface area contributed by atoms with Crippen LogP contribution < -0.4 is 0 Å². The first-order valence-electron chi connectivity index (χ1n) is 10.0. The minimum absolute atomic E-state index is 0. The summed E-state index contributed by atoms with van der Waals surface area (Å²) in [5, 5.41) is 10.2. The van der Waals surface area contributed by atoms with E-state index in [9.17, 15) is 9.90 Å². The Bertz CT molecular complexity index is 774. The number of rotatable bonds is 8. The van der Waals surface area contributed by atoms with Gasteiger partial charge in [-0.3, -0.25) is 9.69 Å². The minimum Gasteiger partial charge on any atom is -0.480 e. The maximum Gasteiger partial charge on any atom is 0.320 e. The lowest BCUT2D eigenvalue weighted by Gasteiger charge is -2.35. The normalized spacial score (nSPS) is 16.2. The third-order valence-corrected chi connectivity index (χ3v) is 5.66. The van der Waals surface area contributed by atoms with Crippen LogP contribution in [0.4, 0.5) is 0 Å². The Morgan fingerprint density at radius 1 is 1.17 bits per heavy atom. The van der Waals surface area contributed by atoms with Crippen molar-refractivity contribution >= 4 is 30.0 Å². The van der Waals surface area contributed by atoms with E-state index in [1.165, 1.54) is 0 Å². The van der Waals surface area contributed by atoms with Crippen molar-refractivity contribution in [3.63, 3.8) is 0 Å². The Labute approximate surface area is 184 Å². The number of ether oxygens (including phenoxy) is 1. The van der Waals surface area contributed by atoms with E-state index in [1.54, 1.807) is 0 Å². The molecule has 1 saturated heterocycles.